The van der Waals surface area contributed by atoms with Crippen LogP contribution in [0, 0.1) is 5.92 Å². The molecule has 19 heavy (non-hydrogen) atoms. The summed E-state index contributed by atoms with van der Waals surface area (Å²) in [5, 5.41) is 9.19. The number of aliphatic hydroxyl groups is 1. The highest BCUT2D eigenvalue weighted by atomic mass is 35.5. The molecule has 1 aromatic carbocycles. The molecule has 0 radical (unpaired) electrons. The maximum absolute atomic E-state index is 12.5. The minimum absolute atomic E-state index is 0.0355. The first-order chi connectivity index (χ1) is 9.07. The Labute approximate surface area is 119 Å². The minimum atomic E-state index is -3.47. The monoisotopic (exact) mass is 303 g/mol. The van der Waals surface area contributed by atoms with Crippen molar-refractivity contribution in [1.29, 1.82) is 0 Å². The summed E-state index contributed by atoms with van der Waals surface area (Å²) in [4.78, 5) is 0.282. The van der Waals surface area contributed by atoms with Gasteiger partial charge in [0.15, 0.2) is 0 Å². The summed E-state index contributed by atoms with van der Waals surface area (Å²) in [7, 11) is -3.47. The van der Waals surface area contributed by atoms with Crippen LogP contribution in [0.1, 0.15) is 18.4 Å². The van der Waals surface area contributed by atoms with Crippen LogP contribution in [-0.4, -0.2) is 37.5 Å². The molecule has 1 N–H and O–H groups in total. The Morgan fingerprint density at radius 2 is 2.21 bits per heavy atom. The second kappa shape index (κ2) is 6.22. The van der Waals surface area contributed by atoms with Crippen LogP contribution in [0.15, 0.2) is 29.2 Å². The Balaban J connectivity index is 2.25. The molecule has 0 aromatic heterocycles. The van der Waals surface area contributed by atoms with Gasteiger partial charge in [0.25, 0.3) is 0 Å². The third kappa shape index (κ3) is 3.28. The highest BCUT2D eigenvalue weighted by Gasteiger charge is 2.29. The van der Waals surface area contributed by atoms with E-state index < -0.39 is 10.0 Å². The lowest BCUT2D eigenvalue weighted by Gasteiger charge is -2.31. The van der Waals surface area contributed by atoms with Crippen LogP contribution in [0.25, 0.3) is 0 Å². The molecule has 1 aliphatic rings. The molecule has 0 spiro atoms. The molecule has 0 amide bonds. The van der Waals surface area contributed by atoms with Gasteiger partial charge in [0.1, 0.15) is 0 Å². The van der Waals surface area contributed by atoms with E-state index >= 15 is 0 Å². The van der Waals surface area contributed by atoms with E-state index in [0.717, 1.165) is 18.4 Å². The predicted octanol–water partition coefficient (Wildman–Crippen LogP) is 1.82. The zero-order valence-electron chi connectivity index (χ0n) is 10.6. The molecule has 1 heterocycles. The lowest BCUT2D eigenvalue weighted by molar-refractivity contribution is 0.165. The van der Waals surface area contributed by atoms with Crippen LogP contribution in [0.5, 0.6) is 0 Å². The molecule has 1 atom stereocenters. The van der Waals surface area contributed by atoms with Gasteiger partial charge in [-0.3, -0.25) is 0 Å². The number of benzene rings is 1. The summed E-state index contributed by atoms with van der Waals surface area (Å²) in [6, 6.07) is 6.72. The number of nitrogens with zero attached hydrogens (tertiary/aromatic N) is 1. The number of piperidine rings is 1. The first-order valence-corrected chi connectivity index (χ1v) is 8.31. The topological polar surface area (TPSA) is 57.6 Å². The second-order valence-corrected chi connectivity index (χ2v) is 7.04. The molecule has 6 heteroatoms. The van der Waals surface area contributed by atoms with Crippen molar-refractivity contribution in [3.8, 4) is 0 Å². The van der Waals surface area contributed by atoms with Crippen molar-refractivity contribution in [2.45, 2.75) is 23.6 Å². The van der Waals surface area contributed by atoms with Crippen molar-refractivity contribution in [2.24, 2.45) is 5.92 Å². The summed E-state index contributed by atoms with van der Waals surface area (Å²) < 4.78 is 26.5. The number of sulfonamides is 1. The predicted molar refractivity (Wildman–Crippen MR) is 74.6 cm³/mol. The fourth-order valence-electron chi connectivity index (χ4n) is 2.33. The quantitative estimate of drug-likeness (QED) is 0.863. The minimum Gasteiger partial charge on any atom is -0.396 e. The van der Waals surface area contributed by atoms with Gasteiger partial charge in [-0.25, -0.2) is 8.42 Å². The van der Waals surface area contributed by atoms with E-state index in [1.165, 1.54) is 4.31 Å². The first kappa shape index (κ1) is 14.8. The maximum atomic E-state index is 12.5. The third-order valence-electron chi connectivity index (χ3n) is 3.43. The van der Waals surface area contributed by atoms with Crippen molar-refractivity contribution in [2.75, 3.05) is 19.7 Å². The van der Waals surface area contributed by atoms with Crippen LogP contribution in [0.4, 0.5) is 0 Å². The zero-order valence-corrected chi connectivity index (χ0v) is 12.2. The normalized spacial score (nSPS) is 21.5. The van der Waals surface area contributed by atoms with Gasteiger partial charge in [0.05, 0.1) is 4.90 Å². The molecule has 4 nitrogen and oxygen atoms in total. The van der Waals surface area contributed by atoms with Crippen molar-refractivity contribution in [3.63, 3.8) is 0 Å². The van der Waals surface area contributed by atoms with Gasteiger partial charge in [0, 0.05) is 25.6 Å². The molecule has 1 fully saturated rings. The summed E-state index contributed by atoms with van der Waals surface area (Å²) in [6.45, 7) is 0.946. The standard InChI is InChI=1S/C13H18ClNO3S/c14-8-11-3-1-5-13(7-11)19(17,18)15-6-2-4-12(9-15)10-16/h1,3,5,7,12,16H,2,4,6,8-10H2. The average Bonchev–Trinajstić information content (AvgIpc) is 2.47. The van der Waals surface area contributed by atoms with Crippen molar-refractivity contribution >= 4 is 21.6 Å². The Kier molecular flexibility index (Phi) is 4.84. The molecule has 0 aliphatic carbocycles. The molecule has 0 bridgehead atoms. The highest BCUT2D eigenvalue weighted by Crippen LogP contribution is 2.24. The van der Waals surface area contributed by atoms with Crippen molar-refractivity contribution in [3.05, 3.63) is 29.8 Å². The maximum Gasteiger partial charge on any atom is 0.243 e. The number of rotatable bonds is 4. The van der Waals surface area contributed by atoms with Crippen LogP contribution >= 0.6 is 11.6 Å². The van der Waals surface area contributed by atoms with Crippen molar-refractivity contribution < 1.29 is 13.5 Å². The van der Waals surface area contributed by atoms with Gasteiger partial charge in [-0.1, -0.05) is 12.1 Å². The van der Waals surface area contributed by atoms with Gasteiger partial charge < -0.3 is 5.11 Å². The molecule has 1 aliphatic heterocycles. The summed E-state index contributed by atoms with van der Waals surface area (Å²) in [6.07, 6.45) is 1.67. The Morgan fingerprint density at radius 3 is 2.89 bits per heavy atom. The lowest BCUT2D eigenvalue weighted by atomic mass is 10.0. The third-order valence-corrected chi connectivity index (χ3v) is 5.60. The van der Waals surface area contributed by atoms with E-state index in [0.29, 0.717) is 19.0 Å². The molecule has 0 saturated carbocycles. The molecule has 106 valence electrons. The molecule has 1 unspecified atom stereocenters. The Hall–Kier alpha value is -0.620. The molecule has 2 rings (SSSR count). The van der Waals surface area contributed by atoms with E-state index in [4.69, 9.17) is 11.6 Å². The molecular weight excluding hydrogens is 286 g/mol. The van der Waals surface area contributed by atoms with Crippen LogP contribution in [0.2, 0.25) is 0 Å². The highest BCUT2D eigenvalue weighted by molar-refractivity contribution is 7.89. The average molecular weight is 304 g/mol. The smallest absolute Gasteiger partial charge is 0.243 e. The zero-order chi connectivity index (χ0) is 13.9. The number of hydrogen-bond donors (Lipinski definition) is 1. The summed E-state index contributed by atoms with van der Waals surface area (Å²) in [5.74, 6) is 0.336. The van der Waals surface area contributed by atoms with Gasteiger partial charge in [-0.2, -0.15) is 4.31 Å². The fourth-order valence-corrected chi connectivity index (χ4v) is 4.12. The molecule has 1 aromatic rings. The number of alkyl halides is 1. The Bertz CT molecular complexity index is 532. The fraction of sp³-hybridized carbons (Fsp3) is 0.538. The van der Waals surface area contributed by atoms with Crippen LogP contribution in [-0.2, 0) is 15.9 Å². The summed E-state index contributed by atoms with van der Waals surface area (Å²) >= 11 is 5.74. The number of hydrogen-bond acceptors (Lipinski definition) is 3. The Morgan fingerprint density at radius 1 is 1.42 bits per heavy atom. The van der Waals surface area contributed by atoms with Gasteiger partial charge in [-0.05, 0) is 36.5 Å². The molecule has 1 saturated heterocycles. The van der Waals surface area contributed by atoms with Gasteiger partial charge >= 0.3 is 0 Å². The van der Waals surface area contributed by atoms with E-state index in [-0.39, 0.29) is 17.4 Å². The van der Waals surface area contributed by atoms with Crippen LogP contribution in [0.3, 0.4) is 0 Å². The lowest BCUT2D eigenvalue weighted by Crippen LogP contribution is -2.40. The van der Waals surface area contributed by atoms with Crippen molar-refractivity contribution in [1.82, 2.24) is 4.31 Å². The number of aliphatic hydroxyl groups excluding tert-OH is 1. The van der Waals surface area contributed by atoms with Crippen LogP contribution < -0.4 is 0 Å². The SMILES string of the molecule is O=S(=O)(c1cccc(CCl)c1)N1CCCC(CO)C1. The van der Waals surface area contributed by atoms with Gasteiger partial charge in [0.2, 0.25) is 10.0 Å². The van der Waals surface area contributed by atoms with E-state index in [2.05, 4.69) is 0 Å². The summed E-state index contributed by atoms with van der Waals surface area (Å²) in [5.41, 5.74) is 0.790. The van der Waals surface area contributed by atoms with E-state index in [9.17, 15) is 13.5 Å². The first-order valence-electron chi connectivity index (χ1n) is 6.34. The van der Waals surface area contributed by atoms with E-state index in [1.54, 1.807) is 24.3 Å². The number of halogens is 1. The second-order valence-electron chi connectivity index (χ2n) is 4.83. The largest absolute Gasteiger partial charge is 0.396 e. The molecular formula is C13H18ClNO3S. The van der Waals surface area contributed by atoms with Gasteiger partial charge in [-0.15, -0.1) is 11.6 Å². The van der Waals surface area contributed by atoms with E-state index in [1.807, 2.05) is 0 Å².